The molecule has 2 N–H and O–H groups in total. The maximum absolute atomic E-state index is 13.0. The number of nitrogens with two attached hydrogens (primary N) is 1. The maximum Gasteiger partial charge on any atom is 0.271 e. The van der Waals surface area contributed by atoms with Crippen LogP contribution in [0.5, 0.6) is 5.75 Å². The molecule has 1 fully saturated rings. The monoisotopic (exact) mass is 384 g/mol. The Balaban J connectivity index is 2.02. The van der Waals surface area contributed by atoms with Crippen LogP contribution < -0.4 is 15.4 Å². The molecule has 2 aromatic carbocycles. The van der Waals surface area contributed by atoms with Crippen LogP contribution in [0.4, 0.5) is 5.69 Å². The molecule has 3 rings (SSSR count). The molecule has 5 nitrogen and oxygen atoms in total. The van der Waals surface area contributed by atoms with Crippen molar-refractivity contribution in [3.05, 3.63) is 64.6 Å². The van der Waals surface area contributed by atoms with Crippen LogP contribution in [0, 0.1) is 0 Å². The lowest BCUT2D eigenvalue weighted by Crippen LogP contribution is -2.30. The molecule has 0 radical (unpaired) electrons. The SMILES string of the molecule is COc1ccc(/C(C)=C2\SC(=S)N(c3ccccc3C(N)=O)C2=O)cc1. The first-order valence-electron chi connectivity index (χ1n) is 7.74. The highest BCUT2D eigenvalue weighted by Gasteiger charge is 2.36. The number of methoxy groups -OCH3 is 1. The topological polar surface area (TPSA) is 72.6 Å². The third-order valence-electron chi connectivity index (χ3n) is 4.04. The van der Waals surface area contributed by atoms with Crippen molar-refractivity contribution in [2.45, 2.75) is 6.92 Å². The van der Waals surface area contributed by atoms with Gasteiger partial charge in [0.05, 0.1) is 23.3 Å². The van der Waals surface area contributed by atoms with Gasteiger partial charge in [-0.25, -0.2) is 0 Å². The Hall–Kier alpha value is -2.64. The van der Waals surface area contributed by atoms with Gasteiger partial charge in [0.25, 0.3) is 11.8 Å². The smallest absolute Gasteiger partial charge is 0.271 e. The summed E-state index contributed by atoms with van der Waals surface area (Å²) >= 11 is 6.61. The predicted molar refractivity (Wildman–Crippen MR) is 108 cm³/mol. The lowest BCUT2D eigenvalue weighted by atomic mass is 10.1. The fourth-order valence-electron chi connectivity index (χ4n) is 2.65. The summed E-state index contributed by atoms with van der Waals surface area (Å²) in [5, 5.41) is 0. The molecule has 0 bridgehead atoms. The minimum atomic E-state index is -0.606. The number of anilines is 1. The number of hydrogen-bond acceptors (Lipinski definition) is 5. The van der Waals surface area contributed by atoms with Gasteiger partial charge in [-0.05, 0) is 42.3 Å². The normalized spacial score (nSPS) is 16.0. The average Bonchev–Trinajstić information content (AvgIpc) is 2.95. The standard InChI is InChI=1S/C19H16N2O3S2/c1-11(12-7-9-13(24-2)10-8-12)16-18(23)21(19(25)26-16)15-6-4-3-5-14(15)17(20)22/h3-10H,1-2H3,(H2,20,22)/b16-11-. The van der Waals surface area contributed by atoms with E-state index in [0.29, 0.717) is 14.9 Å². The molecule has 1 saturated heterocycles. The molecule has 2 aromatic rings. The Morgan fingerprint density at radius 1 is 1.15 bits per heavy atom. The van der Waals surface area contributed by atoms with Crippen molar-refractivity contribution >= 4 is 51.4 Å². The van der Waals surface area contributed by atoms with Gasteiger partial charge in [-0.2, -0.15) is 0 Å². The molecular weight excluding hydrogens is 368 g/mol. The molecule has 7 heteroatoms. The van der Waals surface area contributed by atoms with E-state index in [1.54, 1.807) is 31.4 Å². The van der Waals surface area contributed by atoms with Crippen LogP contribution in [0.25, 0.3) is 5.57 Å². The van der Waals surface area contributed by atoms with Crippen LogP contribution in [-0.2, 0) is 4.79 Å². The van der Waals surface area contributed by atoms with E-state index >= 15 is 0 Å². The highest BCUT2D eigenvalue weighted by atomic mass is 32.2. The number of thioether (sulfide) groups is 1. The first kappa shape index (κ1) is 18.2. The zero-order chi connectivity index (χ0) is 18.8. The van der Waals surface area contributed by atoms with E-state index in [1.807, 2.05) is 31.2 Å². The van der Waals surface area contributed by atoms with Gasteiger partial charge in [0, 0.05) is 0 Å². The van der Waals surface area contributed by atoms with E-state index in [0.717, 1.165) is 16.9 Å². The number of carbonyl (C=O) groups is 2. The van der Waals surface area contributed by atoms with E-state index in [4.69, 9.17) is 22.7 Å². The van der Waals surface area contributed by atoms with Crippen molar-refractivity contribution in [2.75, 3.05) is 12.0 Å². The van der Waals surface area contributed by atoms with Crippen molar-refractivity contribution < 1.29 is 14.3 Å². The maximum atomic E-state index is 13.0. The van der Waals surface area contributed by atoms with E-state index in [9.17, 15) is 9.59 Å². The Labute approximate surface area is 160 Å². The second-order valence-corrected chi connectivity index (χ2v) is 7.22. The quantitative estimate of drug-likeness (QED) is 0.644. The lowest BCUT2D eigenvalue weighted by molar-refractivity contribution is -0.113. The Morgan fingerprint density at radius 2 is 1.81 bits per heavy atom. The Bertz CT molecular complexity index is 936. The first-order chi connectivity index (χ1) is 12.4. The van der Waals surface area contributed by atoms with Crippen molar-refractivity contribution in [3.63, 3.8) is 0 Å². The highest BCUT2D eigenvalue weighted by molar-refractivity contribution is 8.27. The van der Waals surface area contributed by atoms with Crippen LogP contribution >= 0.6 is 24.0 Å². The fraction of sp³-hybridized carbons (Fsp3) is 0.105. The van der Waals surface area contributed by atoms with Gasteiger partial charge in [-0.15, -0.1) is 0 Å². The molecule has 0 spiro atoms. The third-order valence-corrected chi connectivity index (χ3v) is 5.52. The number of amides is 2. The Morgan fingerprint density at radius 3 is 2.42 bits per heavy atom. The summed E-state index contributed by atoms with van der Waals surface area (Å²) < 4.78 is 5.53. The van der Waals surface area contributed by atoms with Crippen LogP contribution in [0.15, 0.2) is 53.4 Å². The van der Waals surface area contributed by atoms with Crippen molar-refractivity contribution in [3.8, 4) is 5.75 Å². The van der Waals surface area contributed by atoms with Gasteiger partial charge in [0.15, 0.2) is 4.32 Å². The summed E-state index contributed by atoms with van der Waals surface area (Å²) in [4.78, 5) is 26.6. The molecule has 0 saturated carbocycles. The number of allylic oxidation sites excluding steroid dienone is 1. The van der Waals surface area contributed by atoms with Crippen molar-refractivity contribution in [2.24, 2.45) is 5.73 Å². The number of hydrogen-bond donors (Lipinski definition) is 1. The minimum absolute atomic E-state index is 0.257. The van der Waals surface area contributed by atoms with Gasteiger partial charge in [0.2, 0.25) is 0 Å². The van der Waals surface area contributed by atoms with Crippen LogP contribution in [-0.4, -0.2) is 23.2 Å². The minimum Gasteiger partial charge on any atom is -0.497 e. The second-order valence-electron chi connectivity index (χ2n) is 5.57. The first-order valence-corrected chi connectivity index (χ1v) is 8.97. The predicted octanol–water partition coefficient (Wildman–Crippen LogP) is 3.59. The van der Waals surface area contributed by atoms with Crippen molar-refractivity contribution in [1.29, 1.82) is 0 Å². The van der Waals surface area contributed by atoms with Crippen LogP contribution in [0.2, 0.25) is 0 Å². The zero-order valence-electron chi connectivity index (χ0n) is 14.2. The van der Waals surface area contributed by atoms with Gasteiger partial charge in [0.1, 0.15) is 5.75 Å². The summed E-state index contributed by atoms with van der Waals surface area (Å²) in [5.74, 6) is -0.128. The molecule has 0 unspecified atom stereocenters. The number of carbonyl (C=O) groups excluding carboxylic acids is 2. The summed E-state index contributed by atoms with van der Waals surface area (Å²) in [5.41, 5.74) is 7.80. The summed E-state index contributed by atoms with van der Waals surface area (Å²) in [6, 6.07) is 14.1. The Kier molecular flexibility index (Phi) is 5.11. The van der Waals surface area contributed by atoms with Gasteiger partial charge < -0.3 is 10.5 Å². The van der Waals surface area contributed by atoms with E-state index in [-0.39, 0.29) is 11.5 Å². The molecule has 2 amide bonds. The summed E-state index contributed by atoms with van der Waals surface area (Å²) in [6.45, 7) is 1.87. The summed E-state index contributed by atoms with van der Waals surface area (Å²) in [6.07, 6.45) is 0. The number of primary amides is 1. The molecule has 132 valence electrons. The fourth-order valence-corrected chi connectivity index (χ4v) is 3.98. The highest BCUT2D eigenvalue weighted by Crippen LogP contribution is 2.40. The number of rotatable bonds is 4. The summed E-state index contributed by atoms with van der Waals surface area (Å²) in [7, 11) is 1.60. The van der Waals surface area contributed by atoms with E-state index < -0.39 is 5.91 Å². The number of thiocarbonyl (C=S) groups is 1. The van der Waals surface area contributed by atoms with E-state index in [1.165, 1.54) is 16.7 Å². The zero-order valence-corrected chi connectivity index (χ0v) is 15.8. The van der Waals surface area contributed by atoms with Crippen LogP contribution in [0.1, 0.15) is 22.8 Å². The van der Waals surface area contributed by atoms with Gasteiger partial charge >= 0.3 is 0 Å². The molecular formula is C19H16N2O3S2. The number of benzene rings is 2. The number of ether oxygens (including phenoxy) is 1. The van der Waals surface area contributed by atoms with Gasteiger partial charge in [-0.3, -0.25) is 14.5 Å². The molecule has 1 heterocycles. The number of nitrogens with zero attached hydrogens (tertiary/aromatic N) is 1. The molecule has 1 aliphatic heterocycles. The second kappa shape index (κ2) is 7.31. The number of para-hydroxylation sites is 1. The van der Waals surface area contributed by atoms with Crippen LogP contribution in [0.3, 0.4) is 0 Å². The lowest BCUT2D eigenvalue weighted by Gasteiger charge is -2.17. The average molecular weight is 384 g/mol. The van der Waals surface area contributed by atoms with Gasteiger partial charge in [-0.1, -0.05) is 48.2 Å². The van der Waals surface area contributed by atoms with Crippen molar-refractivity contribution in [1.82, 2.24) is 0 Å². The molecule has 0 atom stereocenters. The molecule has 26 heavy (non-hydrogen) atoms. The molecule has 1 aliphatic rings. The largest absolute Gasteiger partial charge is 0.497 e. The van der Waals surface area contributed by atoms with E-state index in [2.05, 4.69) is 0 Å². The third kappa shape index (κ3) is 3.23. The molecule has 0 aromatic heterocycles. The molecule has 0 aliphatic carbocycles.